The molecule has 0 aromatic heterocycles. The van der Waals surface area contributed by atoms with Gasteiger partial charge in [0.1, 0.15) is 5.75 Å². The number of benzene rings is 2. The van der Waals surface area contributed by atoms with E-state index in [1.807, 2.05) is 18.2 Å². The second-order valence-electron chi connectivity index (χ2n) is 8.53. The van der Waals surface area contributed by atoms with Gasteiger partial charge in [-0.15, -0.1) is 0 Å². The lowest BCUT2D eigenvalue weighted by Crippen LogP contribution is -2.48. The lowest BCUT2D eigenvalue weighted by molar-refractivity contribution is 0.252. The van der Waals surface area contributed by atoms with Gasteiger partial charge in [-0.05, 0) is 62.4 Å². The van der Waals surface area contributed by atoms with Crippen molar-refractivity contribution in [3.05, 3.63) is 52.5 Å². The van der Waals surface area contributed by atoms with Crippen molar-refractivity contribution in [3.8, 4) is 5.75 Å². The number of rotatable bonds is 6. The van der Waals surface area contributed by atoms with E-state index in [0.717, 1.165) is 24.9 Å². The van der Waals surface area contributed by atoms with Gasteiger partial charge in [-0.2, -0.15) is 5.10 Å². The van der Waals surface area contributed by atoms with Gasteiger partial charge in [-0.25, -0.2) is 10.2 Å². The molecule has 2 amide bonds. The Balaban J connectivity index is 1.76. The quantitative estimate of drug-likeness (QED) is 0.425. The van der Waals surface area contributed by atoms with Crippen molar-refractivity contribution in [1.29, 1.82) is 0 Å². The topological polar surface area (TPSA) is 66.0 Å². The molecule has 0 spiro atoms. The molecule has 2 aromatic carbocycles. The zero-order chi connectivity index (χ0) is 22.6. The van der Waals surface area contributed by atoms with Gasteiger partial charge in [0.15, 0.2) is 0 Å². The number of nitrogens with zero attached hydrogens (tertiary/aromatic N) is 2. The third-order valence-electron chi connectivity index (χ3n) is 5.68. The van der Waals surface area contributed by atoms with Crippen LogP contribution in [0.3, 0.4) is 0 Å². The SMILES string of the molecule is CCCN1c2cc(Cl)c(/C=N/NC(=O)Nc3ccccc3OC)cc2C(C)CC1(C)C. The van der Waals surface area contributed by atoms with Gasteiger partial charge in [0.25, 0.3) is 0 Å². The molecule has 1 unspecified atom stereocenters. The maximum atomic E-state index is 12.2. The van der Waals surface area contributed by atoms with Crippen molar-refractivity contribution in [2.24, 2.45) is 5.10 Å². The van der Waals surface area contributed by atoms with Crippen LogP contribution in [0, 0.1) is 0 Å². The van der Waals surface area contributed by atoms with Crippen LogP contribution in [0.4, 0.5) is 16.2 Å². The minimum absolute atomic E-state index is 0.0828. The molecule has 7 heteroatoms. The fourth-order valence-electron chi connectivity index (χ4n) is 4.33. The number of methoxy groups -OCH3 is 1. The summed E-state index contributed by atoms with van der Waals surface area (Å²) < 4.78 is 5.24. The zero-order valence-corrected chi connectivity index (χ0v) is 19.6. The van der Waals surface area contributed by atoms with Crippen LogP contribution < -0.4 is 20.4 Å². The third-order valence-corrected chi connectivity index (χ3v) is 6.00. The molecule has 1 aliphatic heterocycles. The zero-order valence-electron chi connectivity index (χ0n) is 18.8. The van der Waals surface area contributed by atoms with Crippen molar-refractivity contribution >= 4 is 35.2 Å². The molecule has 0 fully saturated rings. The number of halogens is 1. The lowest BCUT2D eigenvalue weighted by atomic mass is 9.79. The van der Waals surface area contributed by atoms with Crippen LogP contribution in [-0.2, 0) is 0 Å². The molecule has 166 valence electrons. The Morgan fingerprint density at radius 3 is 2.81 bits per heavy atom. The Morgan fingerprint density at radius 2 is 2.10 bits per heavy atom. The number of fused-ring (bicyclic) bond motifs is 1. The van der Waals surface area contributed by atoms with E-state index in [1.54, 1.807) is 25.5 Å². The van der Waals surface area contributed by atoms with Crippen molar-refractivity contribution < 1.29 is 9.53 Å². The number of nitrogens with one attached hydrogen (secondary N) is 2. The Bertz CT molecular complexity index is 974. The summed E-state index contributed by atoms with van der Waals surface area (Å²) in [6, 6.07) is 10.8. The summed E-state index contributed by atoms with van der Waals surface area (Å²) in [5.74, 6) is 0.984. The fourth-order valence-corrected chi connectivity index (χ4v) is 4.53. The molecule has 2 N–H and O–H groups in total. The van der Waals surface area contributed by atoms with Gasteiger partial charge in [0.05, 0.1) is 24.0 Å². The van der Waals surface area contributed by atoms with Crippen LogP contribution in [0.1, 0.15) is 57.6 Å². The van der Waals surface area contributed by atoms with Gasteiger partial charge in [-0.1, -0.05) is 37.6 Å². The predicted octanol–water partition coefficient (Wildman–Crippen LogP) is 6.01. The van der Waals surface area contributed by atoms with E-state index in [1.165, 1.54) is 11.3 Å². The molecular formula is C24H31ClN4O2. The van der Waals surface area contributed by atoms with Gasteiger partial charge in [0.2, 0.25) is 0 Å². The van der Waals surface area contributed by atoms with E-state index in [9.17, 15) is 4.79 Å². The highest BCUT2D eigenvalue weighted by atomic mass is 35.5. The minimum Gasteiger partial charge on any atom is -0.495 e. The fraction of sp³-hybridized carbons (Fsp3) is 0.417. The standard InChI is InChI=1S/C24H31ClN4O2/c1-6-11-29-21-13-19(25)17(12-18(21)16(2)14-24(29,3)4)15-26-28-23(30)27-20-9-7-8-10-22(20)31-5/h7-10,12-13,15-16H,6,11,14H2,1-5H3,(H2,27,28,30)/b26-15+. The number of hydrazone groups is 1. The van der Waals surface area contributed by atoms with Crippen molar-refractivity contribution in [1.82, 2.24) is 5.43 Å². The highest BCUT2D eigenvalue weighted by Gasteiger charge is 2.36. The van der Waals surface area contributed by atoms with Crippen molar-refractivity contribution in [3.63, 3.8) is 0 Å². The maximum absolute atomic E-state index is 12.2. The molecule has 0 saturated carbocycles. The number of carbonyl (C=O) groups excluding carboxylic acids is 1. The smallest absolute Gasteiger partial charge is 0.339 e. The number of ether oxygens (including phenoxy) is 1. The van der Waals surface area contributed by atoms with E-state index < -0.39 is 6.03 Å². The molecule has 31 heavy (non-hydrogen) atoms. The van der Waals surface area contributed by atoms with Gasteiger partial charge < -0.3 is 15.0 Å². The summed E-state index contributed by atoms with van der Waals surface area (Å²) in [6.07, 6.45) is 3.72. The van der Waals surface area contributed by atoms with E-state index in [0.29, 0.717) is 22.4 Å². The summed E-state index contributed by atoms with van der Waals surface area (Å²) in [5, 5.41) is 7.42. The molecular weight excluding hydrogens is 412 g/mol. The summed E-state index contributed by atoms with van der Waals surface area (Å²) in [5.41, 5.74) is 6.37. The number of para-hydroxylation sites is 2. The molecule has 1 atom stereocenters. The number of carbonyl (C=O) groups is 1. The lowest BCUT2D eigenvalue weighted by Gasteiger charge is -2.47. The van der Waals surface area contributed by atoms with Gasteiger partial charge in [0, 0.05) is 23.3 Å². The number of urea groups is 1. The Kier molecular flexibility index (Phi) is 7.11. The number of hydrogen-bond donors (Lipinski definition) is 2. The van der Waals surface area contributed by atoms with Crippen molar-refractivity contribution in [2.45, 2.75) is 52.0 Å². The molecule has 0 aliphatic carbocycles. The number of amides is 2. The average Bonchev–Trinajstić information content (AvgIpc) is 2.72. The van der Waals surface area contributed by atoms with E-state index in [2.05, 4.69) is 54.5 Å². The van der Waals surface area contributed by atoms with Crippen LogP contribution in [0.5, 0.6) is 5.75 Å². The molecule has 1 aliphatic rings. The molecule has 1 heterocycles. The summed E-state index contributed by atoms with van der Waals surface area (Å²) in [4.78, 5) is 14.6. The second-order valence-corrected chi connectivity index (χ2v) is 8.93. The largest absolute Gasteiger partial charge is 0.495 e. The third kappa shape index (κ3) is 5.13. The second kappa shape index (κ2) is 9.60. The Hall–Kier alpha value is -2.73. The van der Waals surface area contributed by atoms with Crippen molar-refractivity contribution in [2.75, 3.05) is 23.9 Å². The summed E-state index contributed by atoms with van der Waals surface area (Å²) in [6.45, 7) is 10.0. The highest BCUT2D eigenvalue weighted by Crippen LogP contribution is 2.45. The first kappa shape index (κ1) is 22.9. The first-order chi connectivity index (χ1) is 14.8. The number of anilines is 2. The summed E-state index contributed by atoms with van der Waals surface area (Å²) >= 11 is 6.59. The first-order valence-electron chi connectivity index (χ1n) is 10.6. The van der Waals surface area contributed by atoms with Crippen LogP contribution in [0.15, 0.2) is 41.5 Å². The average molecular weight is 443 g/mol. The predicted molar refractivity (Wildman–Crippen MR) is 129 cm³/mol. The van der Waals surface area contributed by atoms with Crippen LogP contribution in [0.2, 0.25) is 5.02 Å². The van der Waals surface area contributed by atoms with Crippen LogP contribution in [0.25, 0.3) is 0 Å². The Labute approximate surface area is 189 Å². The van der Waals surface area contributed by atoms with Gasteiger partial charge in [-0.3, -0.25) is 0 Å². The molecule has 2 aromatic rings. The van der Waals surface area contributed by atoms with Crippen LogP contribution in [-0.4, -0.2) is 31.4 Å². The maximum Gasteiger partial charge on any atom is 0.339 e. The van der Waals surface area contributed by atoms with Gasteiger partial charge >= 0.3 is 6.03 Å². The minimum atomic E-state index is -0.459. The Morgan fingerprint density at radius 1 is 1.35 bits per heavy atom. The number of hydrogen-bond acceptors (Lipinski definition) is 4. The van der Waals surface area contributed by atoms with E-state index >= 15 is 0 Å². The molecule has 0 radical (unpaired) electrons. The summed E-state index contributed by atoms with van der Waals surface area (Å²) in [7, 11) is 1.55. The van der Waals surface area contributed by atoms with E-state index in [-0.39, 0.29) is 5.54 Å². The molecule has 0 bridgehead atoms. The van der Waals surface area contributed by atoms with Crippen LogP contribution >= 0.6 is 11.6 Å². The molecule has 6 nitrogen and oxygen atoms in total. The molecule has 3 rings (SSSR count). The normalized spacial score (nSPS) is 17.4. The molecule has 0 saturated heterocycles. The van der Waals surface area contributed by atoms with E-state index in [4.69, 9.17) is 16.3 Å². The first-order valence-corrected chi connectivity index (χ1v) is 11.0. The monoisotopic (exact) mass is 442 g/mol. The highest BCUT2D eigenvalue weighted by molar-refractivity contribution is 6.33.